The summed E-state index contributed by atoms with van der Waals surface area (Å²) in [4.78, 5) is 12.0. The van der Waals surface area contributed by atoms with E-state index in [1.165, 1.54) is 19.3 Å². The van der Waals surface area contributed by atoms with E-state index in [4.69, 9.17) is 4.74 Å². The number of ether oxygens (including phenoxy) is 1. The maximum atomic E-state index is 12.0. The van der Waals surface area contributed by atoms with E-state index in [0.717, 1.165) is 76.2 Å². The lowest BCUT2D eigenvalue weighted by Crippen LogP contribution is -2.11. The molecule has 0 atom stereocenters. The summed E-state index contributed by atoms with van der Waals surface area (Å²) in [7, 11) is 0. The van der Waals surface area contributed by atoms with Crippen molar-refractivity contribution in [3.8, 4) is 17.2 Å². The Bertz CT molecular complexity index is 669. The molecule has 1 rings (SSSR count). The number of benzene rings is 1. The number of phenols is 2. The predicted octanol–water partition coefficient (Wildman–Crippen LogP) is 7.78. The molecule has 0 unspecified atom stereocenters. The summed E-state index contributed by atoms with van der Waals surface area (Å²) in [6.07, 6.45) is 16.3. The van der Waals surface area contributed by atoms with E-state index in [-0.39, 0.29) is 17.1 Å². The molecule has 0 aromatic heterocycles. The minimum absolute atomic E-state index is 0.267. The van der Waals surface area contributed by atoms with E-state index in [2.05, 4.69) is 20.8 Å². The Kier molecular flexibility index (Phi) is 14.7. The third-order valence-electron chi connectivity index (χ3n) is 6.13. The highest BCUT2D eigenvalue weighted by Gasteiger charge is 2.28. The van der Waals surface area contributed by atoms with Gasteiger partial charge < -0.3 is 20.1 Å². The second kappa shape index (κ2) is 16.7. The molecular formula is C27H46O5. The number of hydrogen-bond acceptors (Lipinski definition) is 4. The smallest absolute Gasteiger partial charge is 0.343 e. The van der Waals surface area contributed by atoms with Gasteiger partial charge in [-0.2, -0.15) is 0 Å². The van der Waals surface area contributed by atoms with Gasteiger partial charge in [0.25, 0.3) is 0 Å². The quantitative estimate of drug-likeness (QED) is 0.148. The largest absolute Gasteiger partial charge is 0.504 e. The standard InChI is InChI=1S/C27H46O5/c1-4-7-10-13-15-18-21-22(19-16-14-11-8-5-2)26(32-20-17-12-9-6-3)23(27(30)31)25(29)24(21)28/h28-29H,4-20H2,1-3H3,(H,30,31). The fourth-order valence-corrected chi connectivity index (χ4v) is 4.20. The molecule has 5 nitrogen and oxygen atoms in total. The first-order chi connectivity index (χ1) is 15.5. The van der Waals surface area contributed by atoms with E-state index >= 15 is 0 Å². The summed E-state index contributed by atoms with van der Waals surface area (Å²) in [5.74, 6) is -1.83. The molecule has 0 bridgehead atoms. The van der Waals surface area contributed by atoms with Gasteiger partial charge in [0, 0.05) is 11.1 Å². The van der Waals surface area contributed by atoms with Crippen LogP contribution in [0.25, 0.3) is 0 Å². The molecule has 184 valence electrons. The highest BCUT2D eigenvalue weighted by Crippen LogP contribution is 2.44. The molecule has 32 heavy (non-hydrogen) atoms. The molecule has 0 heterocycles. The second-order valence-electron chi connectivity index (χ2n) is 8.90. The molecule has 0 saturated heterocycles. The number of aromatic hydroxyl groups is 2. The van der Waals surface area contributed by atoms with Crippen LogP contribution in [0.3, 0.4) is 0 Å². The molecule has 1 aromatic rings. The molecule has 5 heteroatoms. The van der Waals surface area contributed by atoms with Crippen molar-refractivity contribution in [2.24, 2.45) is 0 Å². The van der Waals surface area contributed by atoms with Crippen LogP contribution in [-0.2, 0) is 12.8 Å². The molecule has 1 aromatic carbocycles. The topological polar surface area (TPSA) is 87.0 Å². The fourth-order valence-electron chi connectivity index (χ4n) is 4.20. The molecule has 0 spiro atoms. The molecule has 0 radical (unpaired) electrons. The number of unbranched alkanes of at least 4 members (excludes halogenated alkanes) is 11. The Balaban J connectivity index is 3.19. The zero-order valence-electron chi connectivity index (χ0n) is 20.7. The number of rotatable bonds is 19. The van der Waals surface area contributed by atoms with Crippen molar-refractivity contribution in [2.75, 3.05) is 6.61 Å². The van der Waals surface area contributed by atoms with E-state index in [1.54, 1.807) is 0 Å². The summed E-state index contributed by atoms with van der Waals surface area (Å²) >= 11 is 0. The molecule has 0 aliphatic heterocycles. The number of carboxylic acids is 1. The molecule has 0 aliphatic carbocycles. The van der Waals surface area contributed by atoms with Gasteiger partial charge in [0.2, 0.25) is 0 Å². The van der Waals surface area contributed by atoms with Gasteiger partial charge in [-0.3, -0.25) is 0 Å². The van der Waals surface area contributed by atoms with Gasteiger partial charge in [0.15, 0.2) is 11.5 Å². The molecular weight excluding hydrogens is 404 g/mol. The van der Waals surface area contributed by atoms with Crippen molar-refractivity contribution in [2.45, 2.75) is 124 Å². The first-order valence-electron chi connectivity index (χ1n) is 12.9. The van der Waals surface area contributed by atoms with E-state index in [9.17, 15) is 20.1 Å². The average Bonchev–Trinajstić information content (AvgIpc) is 2.77. The molecule has 0 amide bonds. The summed E-state index contributed by atoms with van der Waals surface area (Å²) in [5, 5.41) is 31.1. The number of carbonyl (C=O) groups is 1. The predicted molar refractivity (Wildman–Crippen MR) is 131 cm³/mol. The van der Waals surface area contributed by atoms with Crippen molar-refractivity contribution in [3.05, 3.63) is 16.7 Å². The Morgan fingerprint density at radius 3 is 1.62 bits per heavy atom. The molecule has 0 aliphatic rings. The van der Waals surface area contributed by atoms with Gasteiger partial charge in [-0.05, 0) is 32.1 Å². The molecule has 0 fully saturated rings. The third kappa shape index (κ3) is 9.30. The number of phenolic OH excluding ortho intramolecular Hbond substituents is 1. The fraction of sp³-hybridized carbons (Fsp3) is 0.741. The maximum absolute atomic E-state index is 12.0. The highest BCUT2D eigenvalue weighted by molar-refractivity contribution is 5.96. The van der Waals surface area contributed by atoms with Crippen molar-refractivity contribution >= 4 is 5.97 Å². The van der Waals surface area contributed by atoms with Crippen molar-refractivity contribution in [1.29, 1.82) is 0 Å². The van der Waals surface area contributed by atoms with Crippen LogP contribution in [0.2, 0.25) is 0 Å². The van der Waals surface area contributed by atoms with Crippen LogP contribution in [-0.4, -0.2) is 27.9 Å². The first kappa shape index (κ1) is 28.1. The SMILES string of the molecule is CCCCCCCc1c(O)c(O)c(C(=O)O)c(OCCCCCC)c1CCCCCCC. The minimum atomic E-state index is -1.26. The van der Waals surface area contributed by atoms with Gasteiger partial charge in [-0.1, -0.05) is 91.4 Å². The van der Waals surface area contributed by atoms with Gasteiger partial charge in [0.1, 0.15) is 11.3 Å². The van der Waals surface area contributed by atoms with Crippen molar-refractivity contribution in [1.82, 2.24) is 0 Å². The summed E-state index contributed by atoms with van der Waals surface area (Å²) in [6.45, 7) is 6.92. The maximum Gasteiger partial charge on any atom is 0.343 e. The number of carboxylic acid groups (broad SMARTS) is 1. The van der Waals surface area contributed by atoms with Crippen LogP contribution < -0.4 is 4.74 Å². The average molecular weight is 451 g/mol. The Morgan fingerprint density at radius 1 is 0.656 bits per heavy atom. The van der Waals surface area contributed by atoms with Gasteiger partial charge in [-0.15, -0.1) is 0 Å². The lowest BCUT2D eigenvalue weighted by atomic mass is 9.91. The second-order valence-corrected chi connectivity index (χ2v) is 8.90. The summed E-state index contributed by atoms with van der Waals surface area (Å²) < 4.78 is 6.02. The van der Waals surface area contributed by atoms with Crippen LogP contribution in [0, 0.1) is 0 Å². The highest BCUT2D eigenvalue weighted by atomic mass is 16.5. The number of hydrogen-bond donors (Lipinski definition) is 3. The molecule has 0 saturated carbocycles. The minimum Gasteiger partial charge on any atom is -0.504 e. The van der Waals surface area contributed by atoms with Crippen LogP contribution >= 0.6 is 0 Å². The Hall–Kier alpha value is -1.91. The van der Waals surface area contributed by atoms with E-state index in [0.29, 0.717) is 25.0 Å². The normalized spacial score (nSPS) is 11.1. The monoisotopic (exact) mass is 450 g/mol. The number of aromatic carboxylic acids is 1. The van der Waals surface area contributed by atoms with Crippen LogP contribution in [0.1, 0.15) is 132 Å². The van der Waals surface area contributed by atoms with Crippen molar-refractivity contribution in [3.63, 3.8) is 0 Å². The Labute approximate surface area is 195 Å². The van der Waals surface area contributed by atoms with E-state index < -0.39 is 11.7 Å². The molecule has 3 N–H and O–H groups in total. The van der Waals surface area contributed by atoms with Gasteiger partial charge in [0.05, 0.1) is 6.61 Å². The summed E-state index contributed by atoms with van der Waals surface area (Å²) in [5.41, 5.74) is 1.15. The van der Waals surface area contributed by atoms with Crippen LogP contribution in [0.4, 0.5) is 0 Å². The van der Waals surface area contributed by atoms with Gasteiger partial charge >= 0.3 is 5.97 Å². The van der Waals surface area contributed by atoms with Gasteiger partial charge in [-0.25, -0.2) is 4.79 Å². The first-order valence-corrected chi connectivity index (χ1v) is 12.9. The lowest BCUT2D eigenvalue weighted by molar-refractivity contribution is 0.0687. The zero-order valence-corrected chi connectivity index (χ0v) is 20.7. The van der Waals surface area contributed by atoms with Crippen LogP contribution in [0.15, 0.2) is 0 Å². The van der Waals surface area contributed by atoms with Crippen LogP contribution in [0.5, 0.6) is 17.2 Å². The lowest BCUT2D eigenvalue weighted by Gasteiger charge is -2.21. The van der Waals surface area contributed by atoms with E-state index in [1.807, 2.05) is 0 Å². The summed E-state index contributed by atoms with van der Waals surface area (Å²) in [6, 6.07) is 0. The van der Waals surface area contributed by atoms with Crippen molar-refractivity contribution < 1.29 is 24.9 Å². The zero-order chi connectivity index (χ0) is 23.8. The Morgan fingerprint density at radius 2 is 1.12 bits per heavy atom. The third-order valence-corrected chi connectivity index (χ3v) is 6.13.